The first-order valence-corrected chi connectivity index (χ1v) is 5.95. The summed E-state index contributed by atoms with van der Waals surface area (Å²) in [6.07, 6.45) is 3.43. The second kappa shape index (κ2) is 5.47. The number of nitrogens with zero attached hydrogens (tertiary/aromatic N) is 4. The lowest BCUT2D eigenvalue weighted by Gasteiger charge is -2.25. The van der Waals surface area contributed by atoms with Gasteiger partial charge in [0.05, 0.1) is 0 Å². The Morgan fingerprint density at radius 2 is 2.32 bits per heavy atom. The van der Waals surface area contributed by atoms with Crippen LogP contribution in [0.15, 0.2) is 24.5 Å². The number of H-pyrrole nitrogens is 1. The van der Waals surface area contributed by atoms with Crippen LogP contribution < -0.4 is 5.73 Å². The molecule has 100 valence electrons. The van der Waals surface area contributed by atoms with Gasteiger partial charge in [0.25, 0.3) is 5.91 Å². The minimum Gasteiger partial charge on any atom is -0.366 e. The van der Waals surface area contributed by atoms with Crippen LogP contribution in [-0.4, -0.2) is 37.0 Å². The van der Waals surface area contributed by atoms with E-state index in [2.05, 4.69) is 20.2 Å². The van der Waals surface area contributed by atoms with Crippen LogP contribution in [0, 0.1) is 0 Å². The monoisotopic (exact) mass is 260 g/mol. The minimum atomic E-state index is -0.233. The van der Waals surface area contributed by atoms with Crippen molar-refractivity contribution in [3.05, 3.63) is 35.9 Å². The molecular weight excluding hydrogens is 244 g/mol. The van der Waals surface area contributed by atoms with E-state index in [-0.39, 0.29) is 23.7 Å². The van der Waals surface area contributed by atoms with Crippen molar-refractivity contribution in [1.29, 1.82) is 0 Å². The molecule has 0 spiro atoms. The molecule has 0 aliphatic carbocycles. The van der Waals surface area contributed by atoms with E-state index < -0.39 is 0 Å². The summed E-state index contributed by atoms with van der Waals surface area (Å²) >= 11 is 0. The summed E-state index contributed by atoms with van der Waals surface area (Å²) in [6.45, 7) is 4.34. The van der Waals surface area contributed by atoms with Crippen LogP contribution in [0.3, 0.4) is 0 Å². The average molecular weight is 260 g/mol. The zero-order valence-corrected chi connectivity index (χ0v) is 10.9. The van der Waals surface area contributed by atoms with Crippen molar-refractivity contribution in [1.82, 2.24) is 25.1 Å². The number of nitrogen functional groups attached to an aromatic ring is 1. The first-order chi connectivity index (χ1) is 9.08. The molecule has 2 aromatic heterocycles. The van der Waals surface area contributed by atoms with E-state index in [1.165, 1.54) is 0 Å². The molecule has 0 saturated carbocycles. The Morgan fingerprint density at radius 3 is 2.84 bits per heavy atom. The van der Waals surface area contributed by atoms with Crippen molar-refractivity contribution in [3.63, 3.8) is 0 Å². The van der Waals surface area contributed by atoms with Gasteiger partial charge < -0.3 is 10.6 Å². The number of nitrogens with two attached hydrogens (primary N) is 1. The molecule has 7 heteroatoms. The van der Waals surface area contributed by atoms with Gasteiger partial charge in [0.15, 0.2) is 0 Å². The number of nitrogens with one attached hydrogen (secondary N) is 1. The lowest BCUT2D eigenvalue weighted by atomic mass is 10.2. The molecule has 2 aromatic rings. The van der Waals surface area contributed by atoms with Crippen LogP contribution in [0.4, 0.5) is 5.95 Å². The molecule has 0 unspecified atom stereocenters. The molecule has 2 heterocycles. The van der Waals surface area contributed by atoms with Gasteiger partial charge in [-0.3, -0.25) is 14.9 Å². The van der Waals surface area contributed by atoms with Crippen molar-refractivity contribution in [2.24, 2.45) is 0 Å². The molecule has 3 N–H and O–H groups in total. The molecular formula is C12H16N6O. The van der Waals surface area contributed by atoms with Crippen molar-refractivity contribution in [2.75, 3.05) is 5.73 Å². The SMILES string of the molecule is CC(C)N(Cc1cccnc1)C(=O)c1nc(N)n[nH]1. The normalized spacial score (nSPS) is 10.7. The fraction of sp³-hybridized carbons (Fsp3) is 0.333. The highest BCUT2D eigenvalue weighted by Gasteiger charge is 2.22. The smallest absolute Gasteiger partial charge is 0.291 e. The summed E-state index contributed by atoms with van der Waals surface area (Å²) in [4.78, 5) is 21.9. The number of rotatable bonds is 4. The standard InChI is InChI=1S/C12H16N6O/c1-8(2)18(7-9-4-3-5-14-6-9)11(19)10-15-12(13)17-16-10/h3-6,8H,7H2,1-2H3,(H3,13,15,16,17). The molecule has 0 aliphatic heterocycles. The number of amides is 1. The molecule has 19 heavy (non-hydrogen) atoms. The highest BCUT2D eigenvalue weighted by molar-refractivity contribution is 5.90. The Kier molecular flexibility index (Phi) is 3.74. The minimum absolute atomic E-state index is 0.0269. The molecule has 0 saturated heterocycles. The van der Waals surface area contributed by atoms with Crippen LogP contribution >= 0.6 is 0 Å². The highest BCUT2D eigenvalue weighted by atomic mass is 16.2. The van der Waals surface area contributed by atoms with Crippen LogP contribution in [0.1, 0.15) is 30.0 Å². The predicted octanol–water partition coefficient (Wildman–Crippen LogP) is 0.833. The van der Waals surface area contributed by atoms with E-state index in [0.29, 0.717) is 6.54 Å². The maximum absolute atomic E-state index is 12.3. The van der Waals surface area contributed by atoms with Gasteiger partial charge in [0, 0.05) is 25.0 Å². The van der Waals surface area contributed by atoms with Gasteiger partial charge in [-0.05, 0) is 25.5 Å². The van der Waals surface area contributed by atoms with Gasteiger partial charge in [0.1, 0.15) is 0 Å². The lowest BCUT2D eigenvalue weighted by molar-refractivity contribution is 0.0678. The Morgan fingerprint density at radius 1 is 1.53 bits per heavy atom. The molecule has 7 nitrogen and oxygen atoms in total. The van der Waals surface area contributed by atoms with E-state index in [4.69, 9.17) is 5.73 Å². The zero-order chi connectivity index (χ0) is 13.8. The number of aromatic amines is 1. The molecule has 0 bridgehead atoms. The van der Waals surface area contributed by atoms with Crippen molar-refractivity contribution in [2.45, 2.75) is 26.4 Å². The van der Waals surface area contributed by atoms with Crippen molar-refractivity contribution in [3.8, 4) is 0 Å². The van der Waals surface area contributed by atoms with Crippen LogP contribution in [0.25, 0.3) is 0 Å². The Bertz CT molecular complexity index is 550. The Labute approximate surface area is 110 Å². The largest absolute Gasteiger partial charge is 0.366 e. The molecule has 0 atom stereocenters. The van der Waals surface area contributed by atoms with Crippen LogP contribution in [-0.2, 0) is 6.54 Å². The third-order valence-electron chi connectivity index (χ3n) is 2.67. The average Bonchev–Trinajstić information content (AvgIpc) is 2.83. The van der Waals surface area contributed by atoms with E-state index in [1.807, 2.05) is 26.0 Å². The quantitative estimate of drug-likeness (QED) is 0.848. The van der Waals surface area contributed by atoms with Gasteiger partial charge in [-0.2, -0.15) is 4.98 Å². The van der Waals surface area contributed by atoms with Gasteiger partial charge >= 0.3 is 0 Å². The van der Waals surface area contributed by atoms with Crippen LogP contribution in [0.5, 0.6) is 0 Å². The van der Waals surface area contributed by atoms with Crippen molar-refractivity contribution >= 4 is 11.9 Å². The topological polar surface area (TPSA) is 101 Å². The van der Waals surface area contributed by atoms with E-state index in [1.54, 1.807) is 17.3 Å². The Balaban J connectivity index is 2.19. The van der Waals surface area contributed by atoms with Gasteiger partial charge in [0.2, 0.25) is 11.8 Å². The number of carbonyl (C=O) groups excluding carboxylic acids is 1. The first kappa shape index (κ1) is 13.0. The fourth-order valence-electron chi connectivity index (χ4n) is 1.68. The predicted molar refractivity (Wildman–Crippen MR) is 70.0 cm³/mol. The third kappa shape index (κ3) is 3.06. The number of aromatic nitrogens is 4. The molecule has 0 fully saturated rings. The summed E-state index contributed by atoms with van der Waals surface area (Å²) in [5.41, 5.74) is 6.37. The molecule has 2 rings (SSSR count). The maximum atomic E-state index is 12.3. The summed E-state index contributed by atoms with van der Waals surface area (Å²) in [5, 5.41) is 6.20. The zero-order valence-electron chi connectivity index (χ0n) is 10.9. The summed E-state index contributed by atoms with van der Waals surface area (Å²) in [6, 6.07) is 3.79. The summed E-state index contributed by atoms with van der Waals surface area (Å²) in [5.74, 6) is -0.0217. The van der Waals surface area contributed by atoms with Gasteiger partial charge in [-0.25, -0.2) is 0 Å². The van der Waals surface area contributed by atoms with E-state index in [9.17, 15) is 4.79 Å². The lowest BCUT2D eigenvalue weighted by Crippen LogP contribution is -2.37. The van der Waals surface area contributed by atoms with Gasteiger partial charge in [-0.1, -0.05) is 6.07 Å². The summed E-state index contributed by atoms with van der Waals surface area (Å²) in [7, 11) is 0. The molecule has 0 aliphatic rings. The second-order valence-corrected chi connectivity index (χ2v) is 4.43. The number of hydrogen-bond acceptors (Lipinski definition) is 5. The number of pyridine rings is 1. The molecule has 0 radical (unpaired) electrons. The Hall–Kier alpha value is -2.44. The van der Waals surface area contributed by atoms with Crippen molar-refractivity contribution < 1.29 is 4.79 Å². The molecule has 1 amide bonds. The molecule has 0 aromatic carbocycles. The number of hydrogen-bond donors (Lipinski definition) is 2. The highest BCUT2D eigenvalue weighted by Crippen LogP contribution is 2.10. The van der Waals surface area contributed by atoms with Crippen LogP contribution in [0.2, 0.25) is 0 Å². The first-order valence-electron chi connectivity index (χ1n) is 5.95. The third-order valence-corrected chi connectivity index (χ3v) is 2.67. The maximum Gasteiger partial charge on any atom is 0.291 e. The fourth-order valence-corrected chi connectivity index (χ4v) is 1.68. The van der Waals surface area contributed by atoms with E-state index in [0.717, 1.165) is 5.56 Å². The number of anilines is 1. The number of carbonyl (C=O) groups is 1. The second-order valence-electron chi connectivity index (χ2n) is 4.43. The van der Waals surface area contributed by atoms with Gasteiger partial charge in [-0.15, -0.1) is 5.10 Å². The van der Waals surface area contributed by atoms with E-state index >= 15 is 0 Å². The summed E-state index contributed by atoms with van der Waals surface area (Å²) < 4.78 is 0.